The molecule has 0 spiro atoms. The molecule has 6 heteroatoms. The summed E-state index contributed by atoms with van der Waals surface area (Å²) < 4.78 is 6.23. The topological polar surface area (TPSA) is 71.5 Å². The third-order valence-electron chi connectivity index (χ3n) is 2.92. The molecular formula is C16H12BrN3O2. The van der Waals surface area contributed by atoms with E-state index in [0.29, 0.717) is 11.7 Å². The van der Waals surface area contributed by atoms with Crippen molar-refractivity contribution in [2.24, 2.45) is 4.99 Å². The summed E-state index contributed by atoms with van der Waals surface area (Å²) in [5.41, 5.74) is 1.91. The van der Waals surface area contributed by atoms with Gasteiger partial charge in [-0.15, -0.1) is 0 Å². The molecule has 0 bridgehead atoms. The summed E-state index contributed by atoms with van der Waals surface area (Å²) in [6, 6.07) is 13.0. The van der Waals surface area contributed by atoms with Crippen LogP contribution in [0.3, 0.4) is 0 Å². The monoisotopic (exact) mass is 357 g/mol. The lowest BCUT2D eigenvalue weighted by Gasteiger charge is -1.94. The number of hydrogen-bond donors (Lipinski definition) is 1. The Morgan fingerprint density at radius 2 is 1.91 bits per heavy atom. The fourth-order valence-corrected chi connectivity index (χ4v) is 2.12. The average molecular weight is 358 g/mol. The summed E-state index contributed by atoms with van der Waals surface area (Å²) in [5, 5.41) is 9.83. The van der Waals surface area contributed by atoms with Gasteiger partial charge in [0.15, 0.2) is 11.5 Å². The highest BCUT2D eigenvalue weighted by molar-refractivity contribution is 9.10. The van der Waals surface area contributed by atoms with Gasteiger partial charge in [0.05, 0.1) is 6.21 Å². The van der Waals surface area contributed by atoms with Gasteiger partial charge >= 0.3 is 5.95 Å². The maximum absolute atomic E-state index is 9.83. The minimum atomic E-state index is -0.269. The molecule has 0 saturated carbocycles. The van der Waals surface area contributed by atoms with Crippen molar-refractivity contribution in [1.82, 2.24) is 9.97 Å². The number of halogens is 1. The van der Waals surface area contributed by atoms with E-state index in [9.17, 15) is 5.11 Å². The fraction of sp³-hybridized carbons (Fsp3) is 0.0625. The van der Waals surface area contributed by atoms with E-state index in [1.165, 1.54) is 6.21 Å². The zero-order chi connectivity index (χ0) is 15.5. The molecule has 3 rings (SSSR count). The van der Waals surface area contributed by atoms with E-state index in [2.05, 4.69) is 30.9 Å². The van der Waals surface area contributed by atoms with Crippen LogP contribution < -0.4 is 0 Å². The molecule has 1 N–H and O–H groups in total. The third-order valence-corrected chi connectivity index (χ3v) is 3.45. The first-order valence-corrected chi connectivity index (χ1v) is 7.34. The predicted octanol–water partition coefficient (Wildman–Crippen LogP) is 4.26. The molecule has 2 aromatic heterocycles. The van der Waals surface area contributed by atoms with Crippen molar-refractivity contribution in [3.8, 4) is 17.4 Å². The number of oxazole rings is 1. The smallest absolute Gasteiger partial charge is 0.312 e. The van der Waals surface area contributed by atoms with Crippen LogP contribution in [0.2, 0.25) is 0 Å². The van der Waals surface area contributed by atoms with E-state index in [0.717, 1.165) is 15.7 Å². The molecule has 3 aromatic rings. The van der Waals surface area contributed by atoms with Gasteiger partial charge < -0.3 is 9.52 Å². The molecule has 110 valence electrons. The third kappa shape index (κ3) is 3.23. The first kappa shape index (κ1) is 14.5. The number of hydrogen-bond acceptors (Lipinski definition) is 5. The second-order valence-corrected chi connectivity index (χ2v) is 5.53. The molecule has 0 aliphatic rings. The number of nitrogens with zero attached hydrogens (tertiary/aromatic N) is 3. The zero-order valence-corrected chi connectivity index (χ0v) is 13.3. The summed E-state index contributed by atoms with van der Waals surface area (Å²) in [6.07, 6.45) is 1.43. The molecule has 0 fully saturated rings. The Hall–Kier alpha value is -2.47. The van der Waals surface area contributed by atoms with E-state index in [1.54, 1.807) is 6.07 Å². The Morgan fingerprint density at radius 3 is 2.64 bits per heavy atom. The van der Waals surface area contributed by atoms with Crippen molar-refractivity contribution in [3.05, 3.63) is 58.3 Å². The second-order valence-electron chi connectivity index (χ2n) is 4.61. The number of aryl methyl sites for hydroxylation is 1. The van der Waals surface area contributed by atoms with Crippen LogP contribution in [0.1, 0.15) is 11.4 Å². The van der Waals surface area contributed by atoms with Gasteiger partial charge in [-0.25, -0.2) is 15.0 Å². The van der Waals surface area contributed by atoms with Crippen molar-refractivity contribution >= 4 is 28.0 Å². The summed E-state index contributed by atoms with van der Waals surface area (Å²) in [6.45, 7) is 1.89. The number of benzene rings is 1. The molecule has 5 nitrogen and oxygen atoms in total. The molecule has 1 aromatic carbocycles. The molecule has 0 amide bonds. The largest absolute Gasteiger partial charge is 0.479 e. The van der Waals surface area contributed by atoms with Gasteiger partial charge in [0, 0.05) is 15.7 Å². The van der Waals surface area contributed by atoms with Crippen LogP contribution in [0.15, 0.2) is 56.3 Å². The van der Waals surface area contributed by atoms with Crippen LogP contribution >= 0.6 is 15.9 Å². The Morgan fingerprint density at radius 1 is 1.14 bits per heavy atom. The highest BCUT2D eigenvalue weighted by Gasteiger charge is 2.12. The first-order chi connectivity index (χ1) is 10.6. The van der Waals surface area contributed by atoms with Crippen LogP contribution in [0, 0.1) is 6.92 Å². The minimum absolute atomic E-state index is 0.265. The number of aliphatic imine (C=N–C) groups is 1. The number of rotatable bonds is 3. The molecule has 0 radical (unpaired) electrons. The van der Waals surface area contributed by atoms with Gasteiger partial charge in [0.25, 0.3) is 0 Å². The van der Waals surface area contributed by atoms with Crippen molar-refractivity contribution in [3.63, 3.8) is 0 Å². The average Bonchev–Trinajstić information content (AvgIpc) is 2.87. The Bertz CT molecular complexity index is 826. The van der Waals surface area contributed by atoms with E-state index in [1.807, 2.05) is 43.3 Å². The van der Waals surface area contributed by atoms with Crippen molar-refractivity contribution in [2.75, 3.05) is 0 Å². The Balaban J connectivity index is 1.88. The highest BCUT2D eigenvalue weighted by atomic mass is 79.9. The summed E-state index contributed by atoms with van der Waals surface area (Å²) in [5.74, 6) is 0.616. The summed E-state index contributed by atoms with van der Waals surface area (Å²) >= 11 is 3.37. The normalized spacial score (nSPS) is 11.2. The van der Waals surface area contributed by atoms with Crippen LogP contribution in [0.4, 0.5) is 5.82 Å². The van der Waals surface area contributed by atoms with Crippen LogP contribution in [0.5, 0.6) is 5.95 Å². The molecule has 0 saturated heterocycles. The SMILES string of the molecule is Cc1cccc(/N=C\c2nc(-c3ccc(Br)cc3)oc2O)n1. The standard InChI is InChI=1S/C16H12BrN3O2/c1-10-3-2-4-14(19-10)18-9-13-16(21)22-15(20-13)11-5-7-12(17)8-6-11/h2-9,21H,1H3/b18-9-. The second kappa shape index (κ2) is 6.11. The molecular weight excluding hydrogens is 346 g/mol. The van der Waals surface area contributed by atoms with Crippen molar-refractivity contribution in [1.29, 1.82) is 0 Å². The van der Waals surface area contributed by atoms with Gasteiger partial charge in [-0.2, -0.15) is 0 Å². The Kier molecular flexibility index (Phi) is 4.02. The van der Waals surface area contributed by atoms with Crippen LogP contribution in [-0.2, 0) is 0 Å². The van der Waals surface area contributed by atoms with Gasteiger partial charge in [-0.1, -0.05) is 22.0 Å². The maximum atomic E-state index is 9.83. The van der Waals surface area contributed by atoms with Crippen molar-refractivity contribution in [2.45, 2.75) is 6.92 Å². The minimum Gasteiger partial charge on any atom is -0.479 e. The number of pyridine rings is 1. The van der Waals surface area contributed by atoms with Gasteiger partial charge in [-0.3, -0.25) is 0 Å². The summed E-state index contributed by atoms with van der Waals surface area (Å²) in [7, 11) is 0. The van der Waals surface area contributed by atoms with E-state index in [-0.39, 0.29) is 11.6 Å². The van der Waals surface area contributed by atoms with Gasteiger partial charge in [-0.05, 0) is 43.3 Å². The lowest BCUT2D eigenvalue weighted by Crippen LogP contribution is -1.84. The number of aromatic hydroxyl groups is 1. The molecule has 0 atom stereocenters. The quantitative estimate of drug-likeness (QED) is 0.710. The Labute approximate surface area is 135 Å². The molecule has 0 unspecified atom stereocenters. The van der Waals surface area contributed by atoms with E-state index in [4.69, 9.17) is 4.42 Å². The molecule has 0 aliphatic heterocycles. The van der Waals surface area contributed by atoms with Crippen LogP contribution in [-0.4, -0.2) is 21.3 Å². The maximum Gasteiger partial charge on any atom is 0.312 e. The first-order valence-electron chi connectivity index (χ1n) is 6.55. The fourth-order valence-electron chi connectivity index (χ4n) is 1.85. The summed E-state index contributed by atoms with van der Waals surface area (Å²) in [4.78, 5) is 12.7. The van der Waals surface area contributed by atoms with Crippen molar-refractivity contribution < 1.29 is 9.52 Å². The van der Waals surface area contributed by atoms with Crippen LogP contribution in [0.25, 0.3) is 11.5 Å². The zero-order valence-electron chi connectivity index (χ0n) is 11.7. The molecule has 0 aliphatic carbocycles. The highest BCUT2D eigenvalue weighted by Crippen LogP contribution is 2.26. The van der Waals surface area contributed by atoms with Gasteiger partial charge in [0.2, 0.25) is 5.89 Å². The lowest BCUT2D eigenvalue weighted by atomic mass is 10.2. The predicted molar refractivity (Wildman–Crippen MR) is 87.5 cm³/mol. The molecule has 2 heterocycles. The number of aromatic nitrogens is 2. The van der Waals surface area contributed by atoms with Gasteiger partial charge in [0.1, 0.15) is 0 Å². The van der Waals surface area contributed by atoms with E-state index >= 15 is 0 Å². The van der Waals surface area contributed by atoms with E-state index < -0.39 is 0 Å². The lowest BCUT2D eigenvalue weighted by molar-refractivity contribution is 0.337. The molecule has 22 heavy (non-hydrogen) atoms.